The van der Waals surface area contributed by atoms with Crippen molar-refractivity contribution in [1.29, 1.82) is 0 Å². The quantitative estimate of drug-likeness (QED) is 0.663. The fourth-order valence-electron chi connectivity index (χ4n) is 1.75. The molecule has 0 aromatic rings. The van der Waals surface area contributed by atoms with Crippen LogP contribution in [0.2, 0.25) is 0 Å². The van der Waals surface area contributed by atoms with E-state index in [-0.39, 0.29) is 24.0 Å². The number of rotatable bonds is 5. The van der Waals surface area contributed by atoms with Crippen LogP contribution in [-0.2, 0) is 9.53 Å². The number of nitrogens with one attached hydrogen (secondary N) is 1. The monoisotopic (exact) mass is 215 g/mol. The van der Waals surface area contributed by atoms with Gasteiger partial charge in [0.1, 0.15) is 0 Å². The number of aliphatic hydroxyl groups excluding tert-OH is 1. The highest BCUT2D eigenvalue weighted by molar-refractivity contribution is 5.79. The molecule has 0 aliphatic carbocycles. The molecule has 1 amide bonds. The Labute approximate surface area is 91.0 Å². The minimum absolute atomic E-state index is 0.0200. The summed E-state index contributed by atoms with van der Waals surface area (Å²) in [5.74, 6) is 0.108. The van der Waals surface area contributed by atoms with E-state index in [1.165, 1.54) is 0 Å². The zero-order valence-corrected chi connectivity index (χ0v) is 9.53. The molecule has 1 aliphatic heterocycles. The van der Waals surface area contributed by atoms with Gasteiger partial charge in [-0.1, -0.05) is 0 Å². The van der Waals surface area contributed by atoms with Crippen LogP contribution in [0.15, 0.2) is 0 Å². The first-order valence-corrected chi connectivity index (χ1v) is 5.67. The average Bonchev–Trinajstić information content (AvgIpc) is 2.59. The third-order valence-corrected chi connectivity index (χ3v) is 2.67. The number of hydrogen-bond acceptors (Lipinski definition) is 3. The molecule has 0 bridgehead atoms. The van der Waals surface area contributed by atoms with Crippen LogP contribution in [0.25, 0.3) is 0 Å². The standard InChI is InChI=1S/C11H21NO3/c1-8(13)4-3-5-12-11(14)10-6-9(2)15-7-10/h8-10,13H,3-7H2,1-2H3,(H,12,14). The molecule has 1 saturated heterocycles. The van der Waals surface area contributed by atoms with Crippen molar-refractivity contribution in [3.8, 4) is 0 Å². The highest BCUT2D eigenvalue weighted by atomic mass is 16.5. The van der Waals surface area contributed by atoms with Crippen LogP contribution in [-0.4, -0.2) is 36.4 Å². The second kappa shape index (κ2) is 6.08. The molecule has 0 aromatic heterocycles. The molecule has 1 rings (SSSR count). The van der Waals surface area contributed by atoms with E-state index in [1.807, 2.05) is 6.92 Å². The lowest BCUT2D eigenvalue weighted by Gasteiger charge is -2.09. The average molecular weight is 215 g/mol. The molecule has 1 heterocycles. The molecule has 0 saturated carbocycles. The van der Waals surface area contributed by atoms with Crippen molar-refractivity contribution < 1.29 is 14.6 Å². The van der Waals surface area contributed by atoms with Gasteiger partial charge < -0.3 is 15.2 Å². The summed E-state index contributed by atoms with van der Waals surface area (Å²) in [6.07, 6.45) is 2.31. The Hall–Kier alpha value is -0.610. The first-order valence-electron chi connectivity index (χ1n) is 5.67. The molecule has 1 aliphatic rings. The SMILES string of the molecule is CC(O)CCCNC(=O)C1COC(C)C1. The Balaban J connectivity index is 2.08. The number of amides is 1. The molecule has 4 heteroatoms. The van der Waals surface area contributed by atoms with E-state index in [4.69, 9.17) is 9.84 Å². The van der Waals surface area contributed by atoms with Gasteiger partial charge in [-0.3, -0.25) is 4.79 Å². The number of carbonyl (C=O) groups is 1. The highest BCUT2D eigenvalue weighted by Gasteiger charge is 2.27. The molecular formula is C11H21NO3. The Morgan fingerprint density at radius 1 is 1.67 bits per heavy atom. The topological polar surface area (TPSA) is 58.6 Å². The Kier molecular flexibility index (Phi) is 5.05. The fraction of sp³-hybridized carbons (Fsp3) is 0.909. The van der Waals surface area contributed by atoms with Crippen LogP contribution < -0.4 is 5.32 Å². The van der Waals surface area contributed by atoms with Crippen LogP contribution in [0.3, 0.4) is 0 Å². The third kappa shape index (κ3) is 4.62. The maximum atomic E-state index is 11.6. The zero-order chi connectivity index (χ0) is 11.3. The van der Waals surface area contributed by atoms with E-state index >= 15 is 0 Å². The van der Waals surface area contributed by atoms with E-state index in [0.29, 0.717) is 13.2 Å². The predicted molar refractivity (Wildman–Crippen MR) is 57.4 cm³/mol. The minimum Gasteiger partial charge on any atom is -0.393 e. The fourth-order valence-corrected chi connectivity index (χ4v) is 1.75. The Bertz CT molecular complexity index is 206. The highest BCUT2D eigenvalue weighted by Crippen LogP contribution is 2.18. The summed E-state index contributed by atoms with van der Waals surface area (Å²) in [4.78, 5) is 11.6. The van der Waals surface area contributed by atoms with Gasteiger partial charge in [0.25, 0.3) is 0 Å². The predicted octanol–water partition coefficient (Wildman–Crippen LogP) is 0.689. The van der Waals surface area contributed by atoms with Gasteiger partial charge in [0.15, 0.2) is 0 Å². The molecule has 2 N–H and O–H groups in total. The summed E-state index contributed by atoms with van der Waals surface area (Å²) >= 11 is 0. The Morgan fingerprint density at radius 3 is 2.93 bits per heavy atom. The minimum atomic E-state index is -0.281. The van der Waals surface area contributed by atoms with Gasteiger partial charge in [0.05, 0.1) is 24.7 Å². The Morgan fingerprint density at radius 2 is 2.40 bits per heavy atom. The van der Waals surface area contributed by atoms with Gasteiger partial charge >= 0.3 is 0 Å². The summed E-state index contributed by atoms with van der Waals surface area (Å²) in [6.45, 7) is 4.94. The third-order valence-electron chi connectivity index (χ3n) is 2.67. The molecule has 88 valence electrons. The summed E-state index contributed by atoms with van der Waals surface area (Å²) in [7, 11) is 0. The van der Waals surface area contributed by atoms with Crippen LogP contribution in [0.1, 0.15) is 33.1 Å². The van der Waals surface area contributed by atoms with Gasteiger partial charge in [-0.15, -0.1) is 0 Å². The summed E-state index contributed by atoms with van der Waals surface area (Å²) in [5.41, 5.74) is 0. The summed E-state index contributed by atoms with van der Waals surface area (Å²) in [6, 6.07) is 0. The van der Waals surface area contributed by atoms with Crippen LogP contribution in [0.5, 0.6) is 0 Å². The molecular weight excluding hydrogens is 194 g/mol. The van der Waals surface area contributed by atoms with E-state index < -0.39 is 0 Å². The largest absolute Gasteiger partial charge is 0.393 e. The van der Waals surface area contributed by atoms with Gasteiger partial charge in [-0.2, -0.15) is 0 Å². The van der Waals surface area contributed by atoms with E-state index in [9.17, 15) is 4.79 Å². The molecule has 15 heavy (non-hydrogen) atoms. The van der Waals surface area contributed by atoms with Crippen LogP contribution in [0.4, 0.5) is 0 Å². The first kappa shape index (κ1) is 12.5. The van der Waals surface area contributed by atoms with Gasteiger partial charge in [-0.05, 0) is 33.1 Å². The van der Waals surface area contributed by atoms with Crippen molar-refractivity contribution in [3.63, 3.8) is 0 Å². The lowest BCUT2D eigenvalue weighted by molar-refractivity contribution is -0.124. The molecule has 1 fully saturated rings. The van der Waals surface area contributed by atoms with Gasteiger partial charge in [-0.25, -0.2) is 0 Å². The normalized spacial score (nSPS) is 27.7. The van der Waals surface area contributed by atoms with E-state index in [1.54, 1.807) is 6.92 Å². The molecule has 3 unspecified atom stereocenters. The number of aliphatic hydroxyl groups is 1. The molecule has 0 aromatic carbocycles. The number of hydrogen-bond donors (Lipinski definition) is 2. The van der Waals surface area contributed by atoms with Crippen molar-refractivity contribution in [1.82, 2.24) is 5.32 Å². The maximum Gasteiger partial charge on any atom is 0.225 e. The van der Waals surface area contributed by atoms with E-state index in [2.05, 4.69) is 5.32 Å². The maximum absolute atomic E-state index is 11.6. The smallest absolute Gasteiger partial charge is 0.225 e. The van der Waals surface area contributed by atoms with Crippen molar-refractivity contribution in [2.24, 2.45) is 5.92 Å². The molecule has 0 spiro atoms. The molecule has 4 nitrogen and oxygen atoms in total. The summed E-state index contributed by atoms with van der Waals surface area (Å²) < 4.78 is 5.33. The van der Waals surface area contributed by atoms with Crippen molar-refractivity contribution in [3.05, 3.63) is 0 Å². The van der Waals surface area contributed by atoms with Gasteiger partial charge in [0, 0.05) is 6.54 Å². The zero-order valence-electron chi connectivity index (χ0n) is 9.53. The van der Waals surface area contributed by atoms with Crippen LogP contribution >= 0.6 is 0 Å². The molecule has 3 atom stereocenters. The second-order valence-corrected chi connectivity index (χ2v) is 4.36. The van der Waals surface area contributed by atoms with Crippen molar-refractivity contribution >= 4 is 5.91 Å². The van der Waals surface area contributed by atoms with Gasteiger partial charge in [0.2, 0.25) is 5.91 Å². The van der Waals surface area contributed by atoms with Crippen molar-refractivity contribution in [2.75, 3.05) is 13.2 Å². The first-order chi connectivity index (χ1) is 7.09. The molecule has 0 radical (unpaired) electrons. The van der Waals surface area contributed by atoms with Crippen LogP contribution in [0, 0.1) is 5.92 Å². The number of ether oxygens (including phenoxy) is 1. The summed E-state index contributed by atoms with van der Waals surface area (Å²) in [5, 5.41) is 11.9. The number of carbonyl (C=O) groups excluding carboxylic acids is 1. The lowest BCUT2D eigenvalue weighted by Crippen LogP contribution is -2.32. The second-order valence-electron chi connectivity index (χ2n) is 4.36. The van der Waals surface area contributed by atoms with Crippen molar-refractivity contribution in [2.45, 2.75) is 45.3 Å². The van der Waals surface area contributed by atoms with E-state index in [0.717, 1.165) is 19.3 Å². The lowest BCUT2D eigenvalue weighted by atomic mass is 10.1.